The van der Waals surface area contributed by atoms with Crippen LogP contribution in [0.5, 0.6) is 0 Å². The zero-order chi connectivity index (χ0) is 12.8. The maximum atomic E-state index is 12.2. The van der Waals surface area contributed by atoms with Crippen molar-refractivity contribution in [1.82, 2.24) is 10.2 Å². The summed E-state index contributed by atoms with van der Waals surface area (Å²) >= 11 is 0. The molecule has 0 saturated carbocycles. The van der Waals surface area contributed by atoms with Crippen molar-refractivity contribution >= 4 is 11.8 Å². The van der Waals surface area contributed by atoms with Gasteiger partial charge in [-0.05, 0) is 32.4 Å². The molecule has 0 aromatic heterocycles. The molecule has 0 aromatic rings. The van der Waals surface area contributed by atoms with E-state index in [0.29, 0.717) is 0 Å². The Bertz CT molecular complexity index is 275. The SMILES string of the molecule is CCC(C)C(=O)N(CC(N)=O)C1CCNCC1. The normalized spacial score (nSPS) is 18.7. The van der Waals surface area contributed by atoms with Crippen molar-refractivity contribution in [2.45, 2.75) is 39.2 Å². The third kappa shape index (κ3) is 4.00. The summed E-state index contributed by atoms with van der Waals surface area (Å²) in [6, 6.07) is 0.158. The Kier molecular flexibility index (Phi) is 5.41. The van der Waals surface area contributed by atoms with Crippen molar-refractivity contribution in [2.24, 2.45) is 11.7 Å². The summed E-state index contributed by atoms with van der Waals surface area (Å²) in [4.78, 5) is 25.0. The summed E-state index contributed by atoms with van der Waals surface area (Å²) in [6.07, 6.45) is 2.59. The lowest BCUT2D eigenvalue weighted by Crippen LogP contribution is -2.50. The van der Waals surface area contributed by atoms with Crippen LogP contribution in [-0.2, 0) is 9.59 Å². The van der Waals surface area contributed by atoms with Crippen LogP contribution in [0.1, 0.15) is 33.1 Å². The Hall–Kier alpha value is -1.10. The zero-order valence-electron chi connectivity index (χ0n) is 10.7. The summed E-state index contributed by atoms with van der Waals surface area (Å²) in [7, 11) is 0. The maximum Gasteiger partial charge on any atom is 0.237 e. The topological polar surface area (TPSA) is 75.4 Å². The molecule has 0 radical (unpaired) electrons. The van der Waals surface area contributed by atoms with E-state index in [9.17, 15) is 9.59 Å². The van der Waals surface area contributed by atoms with E-state index in [2.05, 4.69) is 5.32 Å². The molecular formula is C12H23N3O2. The second kappa shape index (κ2) is 6.59. The van der Waals surface area contributed by atoms with Gasteiger partial charge in [-0.15, -0.1) is 0 Å². The minimum absolute atomic E-state index is 0.0377. The molecule has 1 fully saturated rings. The van der Waals surface area contributed by atoms with Gasteiger partial charge in [-0.25, -0.2) is 0 Å². The highest BCUT2D eigenvalue weighted by atomic mass is 16.2. The smallest absolute Gasteiger partial charge is 0.237 e. The van der Waals surface area contributed by atoms with Crippen molar-refractivity contribution in [3.8, 4) is 0 Å². The molecule has 5 nitrogen and oxygen atoms in total. The minimum atomic E-state index is -0.430. The van der Waals surface area contributed by atoms with Gasteiger partial charge in [0.15, 0.2) is 0 Å². The van der Waals surface area contributed by atoms with Gasteiger partial charge in [-0.3, -0.25) is 9.59 Å². The molecule has 1 aliphatic rings. The monoisotopic (exact) mass is 241 g/mol. The van der Waals surface area contributed by atoms with Crippen LogP contribution < -0.4 is 11.1 Å². The van der Waals surface area contributed by atoms with Gasteiger partial charge in [0.2, 0.25) is 11.8 Å². The number of carbonyl (C=O) groups excluding carboxylic acids is 2. The van der Waals surface area contributed by atoms with E-state index in [1.807, 2.05) is 13.8 Å². The lowest BCUT2D eigenvalue weighted by molar-refractivity contribution is -0.141. The number of primary amides is 1. The Labute approximate surface area is 103 Å². The first-order valence-corrected chi connectivity index (χ1v) is 6.35. The van der Waals surface area contributed by atoms with Crippen LogP contribution in [0.2, 0.25) is 0 Å². The molecule has 1 atom stereocenters. The van der Waals surface area contributed by atoms with Crippen molar-refractivity contribution in [1.29, 1.82) is 0 Å². The van der Waals surface area contributed by atoms with Crippen LogP contribution in [0.25, 0.3) is 0 Å². The van der Waals surface area contributed by atoms with Crippen LogP contribution in [0.15, 0.2) is 0 Å². The number of amides is 2. The molecular weight excluding hydrogens is 218 g/mol. The van der Waals surface area contributed by atoms with Crippen LogP contribution in [0.4, 0.5) is 0 Å². The number of piperidine rings is 1. The number of nitrogens with two attached hydrogens (primary N) is 1. The van der Waals surface area contributed by atoms with E-state index in [1.165, 1.54) is 0 Å². The second-order valence-corrected chi connectivity index (χ2v) is 4.72. The number of hydrogen-bond acceptors (Lipinski definition) is 3. The van der Waals surface area contributed by atoms with Gasteiger partial charge >= 0.3 is 0 Å². The molecule has 98 valence electrons. The number of rotatable bonds is 5. The molecule has 0 bridgehead atoms. The first-order valence-electron chi connectivity index (χ1n) is 6.35. The van der Waals surface area contributed by atoms with E-state index >= 15 is 0 Å². The largest absolute Gasteiger partial charge is 0.368 e. The Morgan fingerprint density at radius 1 is 1.41 bits per heavy atom. The van der Waals surface area contributed by atoms with Crippen molar-refractivity contribution in [2.75, 3.05) is 19.6 Å². The first-order chi connectivity index (χ1) is 8.06. The predicted octanol–water partition coefficient (Wildman–Crippen LogP) is 0.0984. The van der Waals surface area contributed by atoms with Gasteiger partial charge in [0.25, 0.3) is 0 Å². The van der Waals surface area contributed by atoms with E-state index in [4.69, 9.17) is 5.73 Å². The second-order valence-electron chi connectivity index (χ2n) is 4.72. The van der Waals surface area contributed by atoms with E-state index in [1.54, 1.807) is 4.90 Å². The molecule has 0 spiro atoms. The van der Waals surface area contributed by atoms with E-state index in [0.717, 1.165) is 32.4 Å². The first kappa shape index (κ1) is 14.0. The summed E-state index contributed by atoms with van der Waals surface area (Å²) in [6.45, 7) is 5.72. The molecule has 0 aromatic carbocycles. The third-order valence-electron chi connectivity index (χ3n) is 3.39. The number of nitrogens with one attached hydrogen (secondary N) is 1. The van der Waals surface area contributed by atoms with Gasteiger partial charge in [0.05, 0.1) is 6.54 Å². The number of hydrogen-bond donors (Lipinski definition) is 2. The van der Waals surface area contributed by atoms with Crippen LogP contribution in [-0.4, -0.2) is 42.4 Å². The van der Waals surface area contributed by atoms with E-state index < -0.39 is 5.91 Å². The zero-order valence-corrected chi connectivity index (χ0v) is 10.7. The predicted molar refractivity (Wildman–Crippen MR) is 66.3 cm³/mol. The standard InChI is InChI=1S/C12H23N3O2/c1-3-9(2)12(17)15(8-11(13)16)10-4-6-14-7-5-10/h9-10,14H,3-8H2,1-2H3,(H2,13,16). The van der Waals surface area contributed by atoms with Crippen LogP contribution in [0, 0.1) is 5.92 Å². The molecule has 3 N–H and O–H groups in total. The third-order valence-corrected chi connectivity index (χ3v) is 3.39. The molecule has 17 heavy (non-hydrogen) atoms. The summed E-state index contributed by atoms with van der Waals surface area (Å²) in [5.74, 6) is -0.414. The molecule has 1 rings (SSSR count). The molecule has 1 saturated heterocycles. The maximum absolute atomic E-state index is 12.2. The fraction of sp³-hybridized carbons (Fsp3) is 0.833. The van der Waals surface area contributed by atoms with Crippen molar-refractivity contribution in [3.05, 3.63) is 0 Å². The summed E-state index contributed by atoms with van der Waals surface area (Å²) in [5, 5.41) is 3.25. The number of carbonyl (C=O) groups is 2. The van der Waals surface area contributed by atoms with Gasteiger partial charge in [0.1, 0.15) is 0 Å². The fourth-order valence-electron chi connectivity index (χ4n) is 2.13. The van der Waals surface area contributed by atoms with Gasteiger partial charge in [0, 0.05) is 12.0 Å². The molecule has 0 aliphatic carbocycles. The fourth-order valence-corrected chi connectivity index (χ4v) is 2.13. The van der Waals surface area contributed by atoms with Crippen LogP contribution >= 0.6 is 0 Å². The molecule has 5 heteroatoms. The van der Waals surface area contributed by atoms with Crippen molar-refractivity contribution < 1.29 is 9.59 Å². The average molecular weight is 241 g/mol. The van der Waals surface area contributed by atoms with Gasteiger partial charge < -0.3 is 16.0 Å². The lowest BCUT2D eigenvalue weighted by Gasteiger charge is -2.35. The van der Waals surface area contributed by atoms with Crippen LogP contribution in [0.3, 0.4) is 0 Å². The Morgan fingerprint density at radius 2 is 2.00 bits per heavy atom. The highest BCUT2D eigenvalue weighted by Crippen LogP contribution is 2.16. The molecule has 2 amide bonds. The van der Waals surface area contributed by atoms with Gasteiger partial charge in [-0.1, -0.05) is 13.8 Å². The number of nitrogens with zero attached hydrogens (tertiary/aromatic N) is 1. The quantitative estimate of drug-likeness (QED) is 0.716. The molecule has 1 unspecified atom stereocenters. The molecule has 1 heterocycles. The highest BCUT2D eigenvalue weighted by molar-refractivity contribution is 5.85. The molecule has 1 aliphatic heterocycles. The summed E-state index contributed by atoms with van der Waals surface area (Å²) in [5.41, 5.74) is 5.23. The van der Waals surface area contributed by atoms with Gasteiger partial charge in [-0.2, -0.15) is 0 Å². The minimum Gasteiger partial charge on any atom is -0.368 e. The lowest BCUT2D eigenvalue weighted by atomic mass is 10.0. The average Bonchev–Trinajstić information content (AvgIpc) is 2.35. The van der Waals surface area contributed by atoms with E-state index in [-0.39, 0.29) is 24.4 Å². The Morgan fingerprint density at radius 3 is 2.47 bits per heavy atom. The highest BCUT2D eigenvalue weighted by Gasteiger charge is 2.28. The van der Waals surface area contributed by atoms with Crippen molar-refractivity contribution in [3.63, 3.8) is 0 Å². The Balaban J connectivity index is 2.70. The summed E-state index contributed by atoms with van der Waals surface area (Å²) < 4.78 is 0.